The lowest BCUT2D eigenvalue weighted by atomic mass is 10.2. The van der Waals surface area contributed by atoms with Crippen LogP contribution >= 0.6 is 28.1 Å². The number of hydrogen-bond donors (Lipinski definition) is 1. The maximum absolute atomic E-state index is 5.43. The maximum atomic E-state index is 5.43. The van der Waals surface area contributed by atoms with Crippen LogP contribution in [0, 0.1) is 18.6 Å². The van der Waals surface area contributed by atoms with Crippen LogP contribution in [0.3, 0.4) is 0 Å². The van der Waals surface area contributed by atoms with Crippen molar-refractivity contribution >= 4 is 39.3 Å². The molecule has 1 N–H and O–H groups in total. The summed E-state index contributed by atoms with van der Waals surface area (Å²) in [6.07, 6.45) is 1.81. The molecule has 0 aliphatic heterocycles. The average Bonchev–Trinajstić information content (AvgIpc) is 2.65. The van der Waals surface area contributed by atoms with Gasteiger partial charge in [0.2, 0.25) is 0 Å². The minimum absolute atomic E-state index is 0.661. The number of halogens is 1. The molecule has 2 heterocycles. The van der Waals surface area contributed by atoms with E-state index in [4.69, 9.17) is 12.2 Å². The van der Waals surface area contributed by atoms with Gasteiger partial charge in [0, 0.05) is 10.7 Å². The fourth-order valence-corrected chi connectivity index (χ4v) is 3.10. The number of H-pyrrole nitrogens is 1. The van der Waals surface area contributed by atoms with Gasteiger partial charge in [0.15, 0.2) is 10.4 Å². The van der Waals surface area contributed by atoms with Crippen molar-refractivity contribution in [2.24, 2.45) is 0 Å². The second kappa shape index (κ2) is 4.58. The van der Waals surface area contributed by atoms with E-state index >= 15 is 0 Å². The fraction of sp³-hybridized carbons (Fsp3) is 0.143. The Kier molecular flexibility index (Phi) is 3.03. The first-order valence-corrected chi connectivity index (χ1v) is 7.10. The number of aryl methyl sites for hydroxylation is 2. The molecule has 3 aromatic rings. The van der Waals surface area contributed by atoms with Crippen molar-refractivity contribution < 1.29 is 0 Å². The highest BCUT2D eigenvalue weighted by molar-refractivity contribution is 9.10. The van der Waals surface area contributed by atoms with Crippen molar-refractivity contribution in [2.75, 3.05) is 0 Å². The number of aromatic amines is 1. The van der Waals surface area contributed by atoms with E-state index in [1.807, 2.05) is 29.8 Å². The summed E-state index contributed by atoms with van der Waals surface area (Å²) in [5.41, 5.74) is 5.18. The van der Waals surface area contributed by atoms with Crippen LogP contribution in [-0.4, -0.2) is 14.5 Å². The molecule has 3 nitrogen and oxygen atoms in total. The molecule has 0 radical (unpaired) electrons. The molecule has 0 saturated carbocycles. The van der Waals surface area contributed by atoms with Crippen LogP contribution in [-0.2, 0) is 0 Å². The molecule has 0 aliphatic carbocycles. The molecule has 3 rings (SSSR count). The first kappa shape index (κ1) is 12.6. The van der Waals surface area contributed by atoms with Crippen LogP contribution < -0.4 is 0 Å². The normalized spacial score (nSPS) is 11.1. The van der Waals surface area contributed by atoms with E-state index in [9.17, 15) is 0 Å². The van der Waals surface area contributed by atoms with Crippen LogP contribution in [0.2, 0.25) is 0 Å². The van der Waals surface area contributed by atoms with E-state index in [0.29, 0.717) is 4.77 Å². The highest BCUT2D eigenvalue weighted by Gasteiger charge is 2.10. The quantitative estimate of drug-likeness (QED) is 0.667. The van der Waals surface area contributed by atoms with Crippen molar-refractivity contribution in [3.8, 4) is 5.69 Å². The number of imidazole rings is 1. The standard InChI is InChI=1S/C14H12BrN3S/c1-8-5-10(15)7-11(6-8)18-13-12(17-14(18)19)9(2)3-4-16-13/h3-7H,1-2H3,(H,17,19). The minimum atomic E-state index is 0.661. The first-order valence-electron chi connectivity index (χ1n) is 5.90. The van der Waals surface area contributed by atoms with Gasteiger partial charge in [0.05, 0.1) is 11.2 Å². The summed E-state index contributed by atoms with van der Waals surface area (Å²) >= 11 is 8.96. The van der Waals surface area contributed by atoms with Crippen molar-refractivity contribution in [1.29, 1.82) is 0 Å². The Morgan fingerprint density at radius 3 is 2.79 bits per heavy atom. The van der Waals surface area contributed by atoms with Crippen molar-refractivity contribution in [1.82, 2.24) is 14.5 Å². The van der Waals surface area contributed by atoms with E-state index < -0.39 is 0 Å². The predicted octanol–water partition coefficient (Wildman–Crippen LogP) is 4.46. The topological polar surface area (TPSA) is 33.6 Å². The Labute approximate surface area is 124 Å². The lowest BCUT2D eigenvalue weighted by Crippen LogP contribution is -1.96. The Hall–Kier alpha value is -1.46. The monoisotopic (exact) mass is 333 g/mol. The third-order valence-corrected chi connectivity index (χ3v) is 3.81. The molecular weight excluding hydrogens is 322 g/mol. The molecule has 0 saturated heterocycles. The summed E-state index contributed by atoms with van der Waals surface area (Å²) in [6, 6.07) is 8.18. The number of hydrogen-bond acceptors (Lipinski definition) is 2. The zero-order valence-electron chi connectivity index (χ0n) is 10.6. The van der Waals surface area contributed by atoms with Gasteiger partial charge in [-0.3, -0.25) is 4.57 Å². The molecule has 0 atom stereocenters. The number of rotatable bonds is 1. The van der Waals surface area contributed by atoms with Gasteiger partial charge in [0.25, 0.3) is 0 Å². The zero-order chi connectivity index (χ0) is 13.6. The minimum Gasteiger partial charge on any atom is -0.329 e. The zero-order valence-corrected chi connectivity index (χ0v) is 13.0. The van der Waals surface area contributed by atoms with Crippen molar-refractivity contribution in [3.63, 3.8) is 0 Å². The van der Waals surface area contributed by atoms with Gasteiger partial charge in [-0.2, -0.15) is 0 Å². The molecule has 2 aromatic heterocycles. The molecule has 5 heteroatoms. The van der Waals surface area contributed by atoms with Gasteiger partial charge in [-0.1, -0.05) is 15.9 Å². The third kappa shape index (κ3) is 2.13. The van der Waals surface area contributed by atoms with Crippen LogP contribution in [0.15, 0.2) is 34.9 Å². The molecule has 19 heavy (non-hydrogen) atoms. The summed E-state index contributed by atoms with van der Waals surface area (Å²) in [5, 5.41) is 0. The summed E-state index contributed by atoms with van der Waals surface area (Å²) in [4.78, 5) is 7.68. The Balaban J connectivity index is 2.39. The highest BCUT2D eigenvalue weighted by Crippen LogP contribution is 2.23. The Morgan fingerprint density at radius 1 is 1.26 bits per heavy atom. The molecular formula is C14H12BrN3S. The summed E-state index contributed by atoms with van der Waals surface area (Å²) in [5.74, 6) is 0. The van der Waals surface area contributed by atoms with Gasteiger partial charge < -0.3 is 4.98 Å². The summed E-state index contributed by atoms with van der Waals surface area (Å²) < 4.78 is 3.66. The van der Waals surface area contributed by atoms with Gasteiger partial charge in [-0.15, -0.1) is 0 Å². The molecule has 0 fully saturated rings. The summed E-state index contributed by atoms with van der Waals surface area (Å²) in [7, 11) is 0. The Bertz CT molecular complexity index is 812. The molecule has 0 bridgehead atoms. The van der Waals surface area contributed by atoms with E-state index in [1.165, 1.54) is 5.56 Å². The van der Waals surface area contributed by atoms with Crippen molar-refractivity contribution in [2.45, 2.75) is 13.8 Å². The second-order valence-corrected chi connectivity index (χ2v) is 5.88. The smallest absolute Gasteiger partial charge is 0.184 e. The second-order valence-electron chi connectivity index (χ2n) is 4.58. The molecule has 0 amide bonds. The third-order valence-electron chi connectivity index (χ3n) is 3.07. The number of benzene rings is 1. The largest absolute Gasteiger partial charge is 0.329 e. The maximum Gasteiger partial charge on any atom is 0.184 e. The van der Waals surface area contributed by atoms with Gasteiger partial charge in [-0.05, 0) is 61.5 Å². The van der Waals surface area contributed by atoms with Crippen LogP contribution in [0.1, 0.15) is 11.1 Å². The van der Waals surface area contributed by atoms with Crippen molar-refractivity contribution in [3.05, 3.63) is 50.8 Å². The molecule has 0 aliphatic rings. The highest BCUT2D eigenvalue weighted by atomic mass is 79.9. The van der Waals surface area contributed by atoms with E-state index in [1.54, 1.807) is 0 Å². The first-order chi connectivity index (χ1) is 9.06. The SMILES string of the molecule is Cc1cc(Br)cc(-n2c(=S)[nH]c3c(C)ccnc32)c1. The number of pyridine rings is 1. The number of nitrogens with zero attached hydrogens (tertiary/aromatic N) is 2. The van der Waals surface area contributed by atoms with E-state index in [0.717, 1.165) is 26.9 Å². The lowest BCUT2D eigenvalue weighted by molar-refractivity contribution is 1.04. The fourth-order valence-electron chi connectivity index (χ4n) is 2.21. The molecule has 96 valence electrons. The van der Waals surface area contributed by atoms with Crippen LogP contribution in [0.25, 0.3) is 16.9 Å². The lowest BCUT2D eigenvalue weighted by Gasteiger charge is -2.06. The summed E-state index contributed by atoms with van der Waals surface area (Å²) in [6.45, 7) is 4.11. The van der Waals surface area contributed by atoms with Crippen LogP contribution in [0.5, 0.6) is 0 Å². The average molecular weight is 334 g/mol. The van der Waals surface area contributed by atoms with Crippen LogP contribution in [0.4, 0.5) is 0 Å². The molecule has 0 spiro atoms. The van der Waals surface area contributed by atoms with E-state index in [2.05, 4.69) is 45.0 Å². The van der Waals surface area contributed by atoms with Gasteiger partial charge in [0.1, 0.15) is 0 Å². The Morgan fingerprint density at radius 2 is 2.05 bits per heavy atom. The van der Waals surface area contributed by atoms with Gasteiger partial charge in [-0.25, -0.2) is 4.98 Å². The molecule has 1 aromatic carbocycles. The van der Waals surface area contributed by atoms with E-state index in [-0.39, 0.29) is 0 Å². The number of fused-ring (bicyclic) bond motifs is 1. The number of nitrogens with one attached hydrogen (secondary N) is 1. The predicted molar refractivity (Wildman–Crippen MR) is 83.4 cm³/mol. The molecule has 0 unspecified atom stereocenters. The number of aromatic nitrogens is 3. The van der Waals surface area contributed by atoms with Gasteiger partial charge >= 0.3 is 0 Å².